The molecule has 0 bridgehead atoms. The summed E-state index contributed by atoms with van der Waals surface area (Å²) in [6.45, 7) is 1.88. The zero-order chi connectivity index (χ0) is 12.3. The third-order valence-electron chi connectivity index (χ3n) is 2.12. The van der Waals surface area contributed by atoms with E-state index in [0.29, 0.717) is 5.95 Å². The first kappa shape index (κ1) is 11.0. The van der Waals surface area contributed by atoms with Crippen molar-refractivity contribution in [2.24, 2.45) is 0 Å². The van der Waals surface area contributed by atoms with Gasteiger partial charge in [-0.3, -0.25) is 10.1 Å². The van der Waals surface area contributed by atoms with Gasteiger partial charge in [-0.05, 0) is 6.92 Å². The summed E-state index contributed by atoms with van der Waals surface area (Å²) < 4.78 is 0. The number of rotatable bonds is 4. The molecule has 2 aromatic rings. The Hall–Kier alpha value is -2.51. The molecule has 17 heavy (non-hydrogen) atoms. The lowest BCUT2D eigenvalue weighted by Crippen LogP contribution is -2.10. The molecule has 2 N–H and O–H groups in total. The number of H-pyrrole nitrogens is 1. The van der Waals surface area contributed by atoms with Crippen molar-refractivity contribution < 1.29 is 4.92 Å². The normalized spacial score (nSPS) is 12.1. The largest absolute Gasteiger partial charge is 0.347 e. The number of hydrogen-bond donors (Lipinski definition) is 2. The first-order valence-electron chi connectivity index (χ1n) is 4.89. The Morgan fingerprint density at radius 2 is 2.12 bits per heavy atom. The van der Waals surface area contributed by atoms with Gasteiger partial charge < -0.3 is 10.3 Å². The number of nitrogens with one attached hydrogen (secondary N) is 2. The van der Waals surface area contributed by atoms with Crippen LogP contribution in [0.2, 0.25) is 0 Å². The van der Waals surface area contributed by atoms with Crippen LogP contribution in [-0.4, -0.2) is 24.9 Å². The van der Waals surface area contributed by atoms with Gasteiger partial charge in [0.25, 0.3) is 0 Å². The molecular formula is C9H10N6O2. The predicted octanol–water partition coefficient (Wildman–Crippen LogP) is 1.28. The van der Waals surface area contributed by atoms with Gasteiger partial charge in [-0.1, -0.05) is 0 Å². The van der Waals surface area contributed by atoms with Crippen molar-refractivity contribution in [2.75, 3.05) is 5.32 Å². The molecule has 0 spiro atoms. The molecule has 1 atom stereocenters. The molecule has 0 radical (unpaired) electrons. The van der Waals surface area contributed by atoms with E-state index in [4.69, 9.17) is 0 Å². The second-order valence-corrected chi connectivity index (χ2v) is 3.36. The molecule has 1 unspecified atom stereocenters. The Balaban J connectivity index is 2.06. The van der Waals surface area contributed by atoms with Crippen molar-refractivity contribution in [2.45, 2.75) is 13.0 Å². The van der Waals surface area contributed by atoms with Crippen molar-refractivity contribution in [3.8, 4) is 0 Å². The topological polar surface area (TPSA) is 110 Å². The molecule has 8 heteroatoms. The summed E-state index contributed by atoms with van der Waals surface area (Å²) in [6.07, 6.45) is 5.67. The van der Waals surface area contributed by atoms with Gasteiger partial charge in [0.2, 0.25) is 5.95 Å². The average molecular weight is 234 g/mol. The Morgan fingerprint density at radius 3 is 2.65 bits per heavy atom. The number of aromatic amines is 1. The molecule has 2 aromatic heterocycles. The summed E-state index contributed by atoms with van der Waals surface area (Å²) in [5.41, 5.74) is -0.138. The van der Waals surface area contributed by atoms with Crippen LogP contribution in [0.15, 0.2) is 24.8 Å². The van der Waals surface area contributed by atoms with E-state index in [0.717, 1.165) is 18.2 Å². The smallest absolute Gasteiger partial charge is 0.305 e. The van der Waals surface area contributed by atoms with E-state index in [2.05, 4.69) is 25.3 Å². The standard InChI is InChI=1S/C9H10N6O2/c1-6(8-10-2-3-11-8)14-9-12-4-7(5-13-9)15(16)17/h2-6H,1H3,(H,10,11)(H,12,13,14). The van der Waals surface area contributed by atoms with Crippen molar-refractivity contribution in [1.29, 1.82) is 0 Å². The second kappa shape index (κ2) is 4.56. The van der Waals surface area contributed by atoms with Crippen molar-refractivity contribution in [1.82, 2.24) is 19.9 Å². The monoisotopic (exact) mass is 234 g/mol. The Labute approximate surface area is 96.3 Å². The first-order valence-corrected chi connectivity index (χ1v) is 4.89. The second-order valence-electron chi connectivity index (χ2n) is 3.36. The number of anilines is 1. The summed E-state index contributed by atoms with van der Waals surface area (Å²) >= 11 is 0. The van der Waals surface area contributed by atoms with Gasteiger partial charge in [-0.15, -0.1) is 0 Å². The van der Waals surface area contributed by atoms with E-state index < -0.39 is 4.92 Å². The third-order valence-corrected chi connectivity index (χ3v) is 2.12. The summed E-state index contributed by atoms with van der Waals surface area (Å²) in [5, 5.41) is 13.4. The minimum absolute atomic E-state index is 0.105. The molecule has 2 heterocycles. The molecular weight excluding hydrogens is 224 g/mol. The van der Waals surface area contributed by atoms with Crippen LogP contribution in [0.1, 0.15) is 18.8 Å². The molecule has 0 saturated heterocycles. The molecule has 0 aliphatic heterocycles. The number of nitro groups is 1. The molecule has 0 fully saturated rings. The van der Waals surface area contributed by atoms with Gasteiger partial charge >= 0.3 is 5.69 Å². The fourth-order valence-corrected chi connectivity index (χ4v) is 1.27. The lowest BCUT2D eigenvalue weighted by atomic mass is 10.3. The molecule has 0 aliphatic rings. The molecule has 0 saturated carbocycles. The van der Waals surface area contributed by atoms with Gasteiger partial charge in [-0.25, -0.2) is 15.0 Å². The molecule has 88 valence electrons. The molecule has 8 nitrogen and oxygen atoms in total. The molecule has 0 aromatic carbocycles. The van der Waals surface area contributed by atoms with Crippen LogP contribution in [-0.2, 0) is 0 Å². The van der Waals surface area contributed by atoms with Gasteiger partial charge in [-0.2, -0.15) is 0 Å². The quantitative estimate of drug-likeness (QED) is 0.609. The fourth-order valence-electron chi connectivity index (χ4n) is 1.27. The number of nitrogens with zero attached hydrogens (tertiary/aromatic N) is 4. The van der Waals surface area contributed by atoms with Crippen LogP contribution < -0.4 is 5.32 Å². The molecule has 2 rings (SSSR count). The highest BCUT2D eigenvalue weighted by Gasteiger charge is 2.11. The SMILES string of the molecule is CC(Nc1ncc([N+](=O)[O-])cn1)c1ncc[nH]1. The number of hydrogen-bond acceptors (Lipinski definition) is 6. The number of aromatic nitrogens is 4. The van der Waals surface area contributed by atoms with Crippen LogP contribution >= 0.6 is 0 Å². The van der Waals surface area contributed by atoms with Gasteiger partial charge in [0.1, 0.15) is 18.2 Å². The minimum atomic E-state index is -0.542. The average Bonchev–Trinajstić information content (AvgIpc) is 2.83. The van der Waals surface area contributed by atoms with Crippen molar-refractivity contribution in [3.63, 3.8) is 0 Å². The van der Waals surface area contributed by atoms with Crippen LogP contribution in [0.3, 0.4) is 0 Å². The van der Waals surface area contributed by atoms with Crippen molar-refractivity contribution >= 4 is 11.6 Å². The van der Waals surface area contributed by atoms with E-state index in [1.165, 1.54) is 0 Å². The summed E-state index contributed by atoms with van der Waals surface area (Å²) in [5.74, 6) is 1.06. The van der Waals surface area contributed by atoms with E-state index in [9.17, 15) is 10.1 Å². The number of imidazole rings is 1. The van der Waals surface area contributed by atoms with E-state index >= 15 is 0 Å². The van der Waals surface area contributed by atoms with E-state index in [1.54, 1.807) is 12.4 Å². The van der Waals surface area contributed by atoms with Crippen LogP contribution in [0.4, 0.5) is 11.6 Å². The lowest BCUT2D eigenvalue weighted by Gasteiger charge is -2.10. The molecule has 0 amide bonds. The highest BCUT2D eigenvalue weighted by Crippen LogP contribution is 2.13. The zero-order valence-electron chi connectivity index (χ0n) is 8.99. The highest BCUT2D eigenvalue weighted by atomic mass is 16.6. The maximum absolute atomic E-state index is 10.4. The van der Waals surface area contributed by atoms with Gasteiger partial charge in [0.05, 0.1) is 11.0 Å². The van der Waals surface area contributed by atoms with Crippen LogP contribution in [0, 0.1) is 10.1 Å². The summed E-state index contributed by atoms with van der Waals surface area (Å²) in [6, 6.07) is -0.105. The minimum Gasteiger partial charge on any atom is -0.347 e. The van der Waals surface area contributed by atoms with Crippen molar-refractivity contribution in [3.05, 3.63) is 40.7 Å². The van der Waals surface area contributed by atoms with E-state index in [1.807, 2.05) is 6.92 Å². The maximum Gasteiger partial charge on any atom is 0.305 e. The Morgan fingerprint density at radius 1 is 1.41 bits per heavy atom. The summed E-state index contributed by atoms with van der Waals surface area (Å²) in [4.78, 5) is 24.6. The first-order chi connectivity index (χ1) is 8.16. The Bertz CT molecular complexity index is 495. The van der Waals surface area contributed by atoms with E-state index in [-0.39, 0.29) is 11.7 Å². The van der Waals surface area contributed by atoms with Crippen LogP contribution in [0.25, 0.3) is 0 Å². The Kier molecular flexibility index (Phi) is 2.95. The van der Waals surface area contributed by atoms with Gasteiger partial charge in [0.15, 0.2) is 0 Å². The van der Waals surface area contributed by atoms with Crippen LogP contribution in [0.5, 0.6) is 0 Å². The molecule has 0 aliphatic carbocycles. The highest BCUT2D eigenvalue weighted by molar-refractivity contribution is 5.32. The zero-order valence-corrected chi connectivity index (χ0v) is 8.99. The summed E-state index contributed by atoms with van der Waals surface area (Å²) in [7, 11) is 0. The predicted molar refractivity (Wildman–Crippen MR) is 59.3 cm³/mol. The lowest BCUT2D eigenvalue weighted by molar-refractivity contribution is -0.385. The fraction of sp³-hybridized carbons (Fsp3) is 0.222. The third kappa shape index (κ3) is 2.54. The van der Waals surface area contributed by atoms with Gasteiger partial charge in [0, 0.05) is 12.4 Å². The maximum atomic E-state index is 10.4.